The van der Waals surface area contributed by atoms with Crippen molar-refractivity contribution in [3.8, 4) is 23.2 Å². The van der Waals surface area contributed by atoms with Gasteiger partial charge in [-0.2, -0.15) is 5.10 Å². The fourth-order valence-corrected chi connectivity index (χ4v) is 2.76. The standard InChI is InChI=1S/C23H21N5O3/c1-16-14-15-28(27-16)21-12-13-22(26-25-21)31-20-10-8-18(9-11-20)24-23(29)17(2)30-19-6-4-3-5-7-19/h3-15,17H,1-2H3,(H,24,29). The number of para-hydroxylation sites is 1. The van der Waals surface area contributed by atoms with Gasteiger partial charge >= 0.3 is 0 Å². The van der Waals surface area contributed by atoms with Gasteiger partial charge in [0.25, 0.3) is 5.91 Å². The molecule has 0 aliphatic rings. The molecule has 1 N–H and O–H groups in total. The van der Waals surface area contributed by atoms with Crippen LogP contribution in [0.3, 0.4) is 0 Å². The van der Waals surface area contributed by atoms with E-state index in [1.807, 2.05) is 37.4 Å². The Balaban J connectivity index is 1.33. The number of aryl methyl sites for hydroxylation is 1. The van der Waals surface area contributed by atoms with Crippen LogP contribution in [0.25, 0.3) is 5.82 Å². The smallest absolute Gasteiger partial charge is 0.265 e. The minimum atomic E-state index is -0.634. The zero-order valence-electron chi connectivity index (χ0n) is 17.1. The maximum absolute atomic E-state index is 12.4. The third-order valence-electron chi connectivity index (χ3n) is 4.35. The number of hydrogen-bond acceptors (Lipinski definition) is 6. The first-order chi connectivity index (χ1) is 15.1. The van der Waals surface area contributed by atoms with Crippen LogP contribution in [0, 0.1) is 6.92 Å². The Morgan fingerprint density at radius 2 is 1.71 bits per heavy atom. The zero-order chi connectivity index (χ0) is 21.6. The molecule has 2 aromatic carbocycles. The number of hydrogen-bond donors (Lipinski definition) is 1. The Kier molecular flexibility index (Phi) is 5.89. The molecule has 156 valence electrons. The minimum Gasteiger partial charge on any atom is -0.481 e. The molecule has 0 saturated carbocycles. The van der Waals surface area contributed by atoms with Crippen LogP contribution in [0.15, 0.2) is 79.0 Å². The molecule has 8 heteroatoms. The van der Waals surface area contributed by atoms with E-state index in [0.717, 1.165) is 5.69 Å². The normalized spacial score (nSPS) is 11.5. The van der Waals surface area contributed by atoms with Crippen LogP contribution >= 0.6 is 0 Å². The highest BCUT2D eigenvalue weighted by Gasteiger charge is 2.15. The van der Waals surface area contributed by atoms with Gasteiger partial charge < -0.3 is 14.8 Å². The van der Waals surface area contributed by atoms with E-state index in [0.29, 0.717) is 28.9 Å². The lowest BCUT2D eigenvalue weighted by Gasteiger charge is -2.15. The number of ether oxygens (including phenoxy) is 2. The van der Waals surface area contributed by atoms with Crippen LogP contribution in [0.2, 0.25) is 0 Å². The van der Waals surface area contributed by atoms with E-state index in [-0.39, 0.29) is 5.91 Å². The van der Waals surface area contributed by atoms with Crippen LogP contribution in [-0.2, 0) is 4.79 Å². The SMILES string of the molecule is Cc1ccn(-c2ccc(Oc3ccc(NC(=O)C(C)Oc4ccccc4)cc3)nn2)n1. The van der Waals surface area contributed by atoms with Gasteiger partial charge in [0.1, 0.15) is 11.5 Å². The van der Waals surface area contributed by atoms with Crippen molar-refractivity contribution >= 4 is 11.6 Å². The maximum Gasteiger partial charge on any atom is 0.265 e. The van der Waals surface area contributed by atoms with Crippen LogP contribution in [0.4, 0.5) is 5.69 Å². The van der Waals surface area contributed by atoms with Crippen molar-refractivity contribution in [1.29, 1.82) is 0 Å². The Hall–Kier alpha value is -4.20. The van der Waals surface area contributed by atoms with Crippen molar-refractivity contribution in [2.75, 3.05) is 5.32 Å². The summed E-state index contributed by atoms with van der Waals surface area (Å²) in [5.74, 6) is 1.93. The fourth-order valence-electron chi connectivity index (χ4n) is 2.76. The molecule has 8 nitrogen and oxygen atoms in total. The predicted molar refractivity (Wildman–Crippen MR) is 116 cm³/mol. The lowest BCUT2D eigenvalue weighted by Crippen LogP contribution is -2.30. The number of anilines is 1. The van der Waals surface area contributed by atoms with Gasteiger partial charge in [-0.15, -0.1) is 10.2 Å². The molecule has 1 amide bonds. The first-order valence-corrected chi connectivity index (χ1v) is 9.74. The Labute approximate surface area is 179 Å². The lowest BCUT2D eigenvalue weighted by atomic mass is 10.2. The third-order valence-corrected chi connectivity index (χ3v) is 4.35. The number of carbonyl (C=O) groups is 1. The number of rotatable bonds is 7. The predicted octanol–water partition coefficient (Wildman–Crippen LogP) is 4.17. The lowest BCUT2D eigenvalue weighted by molar-refractivity contribution is -0.122. The van der Waals surface area contributed by atoms with E-state index in [4.69, 9.17) is 9.47 Å². The molecule has 4 aromatic rings. The van der Waals surface area contributed by atoms with Gasteiger partial charge in [-0.05, 0) is 62.4 Å². The molecule has 2 aromatic heterocycles. The van der Waals surface area contributed by atoms with Crippen molar-refractivity contribution in [1.82, 2.24) is 20.0 Å². The summed E-state index contributed by atoms with van der Waals surface area (Å²) in [6.45, 7) is 3.61. The second-order valence-electron chi connectivity index (χ2n) is 6.82. The van der Waals surface area contributed by atoms with Crippen molar-refractivity contribution in [3.05, 3.63) is 84.7 Å². The number of amides is 1. The molecule has 0 aliphatic heterocycles. The Morgan fingerprint density at radius 1 is 0.935 bits per heavy atom. The summed E-state index contributed by atoms with van der Waals surface area (Å²) in [7, 11) is 0. The largest absolute Gasteiger partial charge is 0.481 e. The van der Waals surface area contributed by atoms with Gasteiger partial charge in [0.15, 0.2) is 11.9 Å². The highest BCUT2D eigenvalue weighted by Crippen LogP contribution is 2.22. The van der Waals surface area contributed by atoms with Gasteiger partial charge in [0.2, 0.25) is 5.88 Å². The molecule has 31 heavy (non-hydrogen) atoms. The molecule has 0 bridgehead atoms. The highest BCUT2D eigenvalue weighted by atomic mass is 16.5. The van der Waals surface area contributed by atoms with Gasteiger partial charge in [-0.3, -0.25) is 4.79 Å². The van der Waals surface area contributed by atoms with E-state index in [1.54, 1.807) is 60.1 Å². The molecular weight excluding hydrogens is 394 g/mol. The molecule has 0 spiro atoms. The molecular formula is C23H21N5O3. The first-order valence-electron chi connectivity index (χ1n) is 9.74. The van der Waals surface area contributed by atoms with Crippen molar-refractivity contribution < 1.29 is 14.3 Å². The van der Waals surface area contributed by atoms with Crippen molar-refractivity contribution in [2.24, 2.45) is 0 Å². The average molecular weight is 415 g/mol. The molecule has 0 fully saturated rings. The van der Waals surface area contributed by atoms with Crippen molar-refractivity contribution in [2.45, 2.75) is 20.0 Å². The number of nitrogens with zero attached hydrogens (tertiary/aromatic N) is 4. The fraction of sp³-hybridized carbons (Fsp3) is 0.130. The molecule has 0 saturated heterocycles. The van der Waals surface area contributed by atoms with Gasteiger partial charge in [0, 0.05) is 18.0 Å². The summed E-state index contributed by atoms with van der Waals surface area (Å²) in [6.07, 6.45) is 1.18. The average Bonchev–Trinajstić information content (AvgIpc) is 3.22. The molecule has 1 unspecified atom stereocenters. The topological polar surface area (TPSA) is 91.2 Å². The van der Waals surface area contributed by atoms with Crippen molar-refractivity contribution in [3.63, 3.8) is 0 Å². The summed E-state index contributed by atoms with van der Waals surface area (Å²) in [5, 5.41) is 15.3. The first kappa shape index (κ1) is 20.1. The molecule has 4 rings (SSSR count). The van der Waals surface area contributed by atoms with E-state index in [2.05, 4.69) is 20.6 Å². The van der Waals surface area contributed by atoms with E-state index in [9.17, 15) is 4.79 Å². The van der Waals surface area contributed by atoms with Gasteiger partial charge in [-0.1, -0.05) is 18.2 Å². The molecule has 1 atom stereocenters. The zero-order valence-corrected chi connectivity index (χ0v) is 17.1. The third kappa shape index (κ3) is 5.24. The van der Waals surface area contributed by atoms with Crippen LogP contribution in [0.5, 0.6) is 17.4 Å². The summed E-state index contributed by atoms with van der Waals surface area (Å²) >= 11 is 0. The van der Waals surface area contributed by atoms with E-state index >= 15 is 0 Å². The van der Waals surface area contributed by atoms with Crippen LogP contribution in [0.1, 0.15) is 12.6 Å². The molecule has 0 aliphatic carbocycles. The van der Waals surface area contributed by atoms with Gasteiger partial charge in [0.05, 0.1) is 5.69 Å². The number of carbonyl (C=O) groups excluding carboxylic acids is 1. The molecule has 0 radical (unpaired) electrons. The minimum absolute atomic E-state index is 0.243. The second kappa shape index (κ2) is 9.08. The number of benzene rings is 2. The summed E-state index contributed by atoms with van der Waals surface area (Å²) in [6, 6.07) is 21.6. The monoisotopic (exact) mass is 415 g/mol. The second-order valence-corrected chi connectivity index (χ2v) is 6.82. The quantitative estimate of drug-likeness (QED) is 0.487. The van der Waals surface area contributed by atoms with E-state index < -0.39 is 6.10 Å². The Bertz CT molecular complexity index is 1140. The number of nitrogens with one attached hydrogen (secondary N) is 1. The molecule has 2 heterocycles. The van der Waals surface area contributed by atoms with Crippen LogP contribution in [-0.4, -0.2) is 32.0 Å². The Morgan fingerprint density at radius 3 is 2.35 bits per heavy atom. The van der Waals surface area contributed by atoms with E-state index in [1.165, 1.54) is 0 Å². The van der Waals surface area contributed by atoms with Gasteiger partial charge in [-0.25, -0.2) is 4.68 Å². The number of aromatic nitrogens is 4. The van der Waals surface area contributed by atoms with Crippen LogP contribution < -0.4 is 14.8 Å². The maximum atomic E-state index is 12.4. The highest BCUT2D eigenvalue weighted by molar-refractivity contribution is 5.94. The summed E-state index contributed by atoms with van der Waals surface area (Å²) in [4.78, 5) is 12.4. The summed E-state index contributed by atoms with van der Waals surface area (Å²) < 4.78 is 13.0. The summed E-state index contributed by atoms with van der Waals surface area (Å²) in [5.41, 5.74) is 1.53.